The third kappa shape index (κ3) is 3.82. The maximum Gasteiger partial charge on any atom is 0.248 e. The van der Waals surface area contributed by atoms with Crippen LogP contribution in [-0.2, 0) is 11.3 Å². The molecule has 0 bridgehead atoms. The molecule has 2 aromatic carbocycles. The van der Waals surface area contributed by atoms with E-state index >= 15 is 0 Å². The molecule has 0 unspecified atom stereocenters. The van der Waals surface area contributed by atoms with Crippen molar-refractivity contribution in [2.75, 3.05) is 12.4 Å². The fourth-order valence-electron chi connectivity index (χ4n) is 2.48. The van der Waals surface area contributed by atoms with Crippen molar-refractivity contribution in [3.05, 3.63) is 53.6 Å². The lowest BCUT2D eigenvalue weighted by atomic mass is 10.1. The minimum atomic E-state index is -0.198. The number of hydrogen-bond donors (Lipinski definition) is 1. The van der Waals surface area contributed by atoms with E-state index in [1.807, 2.05) is 56.3 Å². The van der Waals surface area contributed by atoms with Crippen molar-refractivity contribution in [1.29, 1.82) is 0 Å². The van der Waals surface area contributed by atoms with Gasteiger partial charge in [0.1, 0.15) is 12.3 Å². The second-order valence-corrected chi connectivity index (χ2v) is 5.69. The van der Waals surface area contributed by atoms with E-state index in [1.54, 1.807) is 7.11 Å². The van der Waals surface area contributed by atoms with Crippen LogP contribution < -0.4 is 10.1 Å². The molecular weight excluding hydrogens is 318 g/mol. The van der Waals surface area contributed by atoms with E-state index in [2.05, 4.69) is 20.7 Å². The number of amides is 1. The minimum Gasteiger partial charge on any atom is -0.497 e. The van der Waals surface area contributed by atoms with Gasteiger partial charge in [-0.1, -0.05) is 18.2 Å². The van der Waals surface area contributed by atoms with Gasteiger partial charge in [-0.15, -0.1) is 10.2 Å². The molecule has 3 aromatic rings. The summed E-state index contributed by atoms with van der Waals surface area (Å²) in [7, 11) is 1.61. The van der Waals surface area contributed by atoms with Crippen LogP contribution in [0.4, 0.5) is 5.69 Å². The van der Waals surface area contributed by atoms with Crippen LogP contribution in [0.5, 0.6) is 5.75 Å². The third-order valence-electron chi connectivity index (χ3n) is 3.83. The van der Waals surface area contributed by atoms with Crippen LogP contribution in [0, 0.1) is 13.8 Å². The van der Waals surface area contributed by atoms with Gasteiger partial charge in [0.05, 0.1) is 7.11 Å². The summed E-state index contributed by atoms with van der Waals surface area (Å²) < 4.78 is 5.12. The molecule has 0 saturated carbocycles. The first kappa shape index (κ1) is 16.6. The highest BCUT2D eigenvalue weighted by atomic mass is 16.5. The number of aryl methyl sites for hydroxylation is 2. The first-order valence-corrected chi connectivity index (χ1v) is 7.85. The van der Waals surface area contributed by atoms with E-state index in [1.165, 1.54) is 4.80 Å². The summed E-state index contributed by atoms with van der Waals surface area (Å²) in [5, 5.41) is 15.1. The average Bonchev–Trinajstić information content (AvgIpc) is 3.07. The molecule has 0 fully saturated rings. The van der Waals surface area contributed by atoms with Gasteiger partial charge in [-0.2, -0.15) is 4.80 Å². The zero-order valence-corrected chi connectivity index (χ0v) is 14.4. The maximum atomic E-state index is 12.3. The minimum absolute atomic E-state index is 0.00305. The van der Waals surface area contributed by atoms with Crippen molar-refractivity contribution in [3.63, 3.8) is 0 Å². The van der Waals surface area contributed by atoms with E-state index in [0.717, 1.165) is 28.1 Å². The Balaban J connectivity index is 1.69. The molecule has 0 spiro atoms. The molecule has 7 nitrogen and oxygen atoms in total. The Labute approximate surface area is 145 Å². The number of rotatable bonds is 5. The zero-order valence-electron chi connectivity index (χ0n) is 14.4. The molecule has 0 saturated heterocycles. The lowest BCUT2D eigenvalue weighted by Crippen LogP contribution is -2.21. The molecule has 128 valence electrons. The highest BCUT2D eigenvalue weighted by Crippen LogP contribution is 2.20. The van der Waals surface area contributed by atoms with Gasteiger partial charge in [-0.3, -0.25) is 4.79 Å². The second-order valence-electron chi connectivity index (χ2n) is 5.69. The molecule has 0 aliphatic carbocycles. The second kappa shape index (κ2) is 7.12. The lowest BCUT2D eigenvalue weighted by molar-refractivity contribution is -0.117. The summed E-state index contributed by atoms with van der Waals surface area (Å²) in [5.74, 6) is 1.02. The van der Waals surface area contributed by atoms with Gasteiger partial charge in [0.15, 0.2) is 0 Å². The van der Waals surface area contributed by atoms with E-state index in [9.17, 15) is 4.79 Å². The Hall–Kier alpha value is -3.22. The van der Waals surface area contributed by atoms with Crippen LogP contribution in [0.15, 0.2) is 42.5 Å². The van der Waals surface area contributed by atoms with Crippen molar-refractivity contribution < 1.29 is 9.53 Å². The lowest BCUT2D eigenvalue weighted by Gasteiger charge is -2.10. The summed E-state index contributed by atoms with van der Waals surface area (Å²) in [6, 6.07) is 13.2. The third-order valence-corrected chi connectivity index (χ3v) is 3.83. The molecule has 1 heterocycles. The van der Waals surface area contributed by atoms with Crippen molar-refractivity contribution in [2.24, 2.45) is 0 Å². The number of anilines is 1. The highest BCUT2D eigenvalue weighted by Gasteiger charge is 2.11. The molecule has 25 heavy (non-hydrogen) atoms. The zero-order chi connectivity index (χ0) is 17.8. The summed E-state index contributed by atoms with van der Waals surface area (Å²) in [6.45, 7) is 3.91. The van der Waals surface area contributed by atoms with E-state index in [0.29, 0.717) is 5.82 Å². The van der Waals surface area contributed by atoms with E-state index in [-0.39, 0.29) is 12.5 Å². The Kier molecular flexibility index (Phi) is 4.74. The normalized spacial score (nSPS) is 10.5. The SMILES string of the molecule is COc1ccc(-c2nnn(CC(=O)Nc3c(C)cccc3C)n2)cc1. The number of methoxy groups -OCH3 is 1. The summed E-state index contributed by atoms with van der Waals surface area (Å²) in [4.78, 5) is 13.5. The molecule has 1 N–H and O–H groups in total. The molecule has 0 aliphatic rings. The first-order valence-electron chi connectivity index (χ1n) is 7.85. The number of benzene rings is 2. The number of tetrazole rings is 1. The molecule has 0 aliphatic heterocycles. The number of carbonyl (C=O) groups is 1. The van der Waals surface area contributed by atoms with Crippen molar-refractivity contribution in [3.8, 4) is 17.1 Å². The maximum absolute atomic E-state index is 12.3. The van der Waals surface area contributed by atoms with Crippen LogP contribution in [0.2, 0.25) is 0 Å². The average molecular weight is 337 g/mol. The smallest absolute Gasteiger partial charge is 0.248 e. The fraction of sp³-hybridized carbons (Fsp3) is 0.222. The molecule has 1 amide bonds. The molecule has 0 atom stereocenters. The van der Waals surface area contributed by atoms with Crippen LogP contribution >= 0.6 is 0 Å². The van der Waals surface area contributed by atoms with Gasteiger partial charge in [-0.25, -0.2) is 0 Å². The highest BCUT2D eigenvalue weighted by molar-refractivity contribution is 5.92. The Bertz CT molecular complexity index is 866. The van der Waals surface area contributed by atoms with Gasteiger partial charge in [0, 0.05) is 11.3 Å². The van der Waals surface area contributed by atoms with Gasteiger partial charge < -0.3 is 10.1 Å². The van der Waals surface area contributed by atoms with Gasteiger partial charge in [0.25, 0.3) is 0 Å². The summed E-state index contributed by atoms with van der Waals surface area (Å²) in [5.41, 5.74) is 3.66. The number of aromatic nitrogens is 4. The molecule has 1 aromatic heterocycles. The Morgan fingerprint density at radius 1 is 1.12 bits per heavy atom. The van der Waals surface area contributed by atoms with Crippen molar-refractivity contribution in [1.82, 2.24) is 20.2 Å². The standard InChI is InChI=1S/C18H19N5O2/c1-12-5-4-6-13(2)17(12)19-16(24)11-23-21-18(20-22-23)14-7-9-15(25-3)10-8-14/h4-10H,11H2,1-3H3,(H,19,24). The van der Waals surface area contributed by atoms with Crippen LogP contribution in [0.25, 0.3) is 11.4 Å². The number of hydrogen-bond acceptors (Lipinski definition) is 5. The van der Waals surface area contributed by atoms with Gasteiger partial charge in [-0.05, 0) is 54.5 Å². The summed E-state index contributed by atoms with van der Waals surface area (Å²) in [6.07, 6.45) is 0. The van der Waals surface area contributed by atoms with Crippen molar-refractivity contribution in [2.45, 2.75) is 20.4 Å². The van der Waals surface area contributed by atoms with Crippen LogP contribution in [0.3, 0.4) is 0 Å². The predicted octanol–water partition coefficient (Wildman–Crippen LogP) is 2.60. The van der Waals surface area contributed by atoms with Crippen LogP contribution in [-0.4, -0.2) is 33.2 Å². The monoisotopic (exact) mass is 337 g/mol. The van der Waals surface area contributed by atoms with E-state index in [4.69, 9.17) is 4.74 Å². The van der Waals surface area contributed by atoms with E-state index < -0.39 is 0 Å². The quantitative estimate of drug-likeness (QED) is 0.774. The number of para-hydroxylation sites is 1. The molecule has 3 rings (SSSR count). The predicted molar refractivity (Wildman–Crippen MR) is 94.4 cm³/mol. The molecule has 0 radical (unpaired) electrons. The van der Waals surface area contributed by atoms with Crippen molar-refractivity contribution >= 4 is 11.6 Å². The number of ether oxygens (including phenoxy) is 1. The molecule has 7 heteroatoms. The largest absolute Gasteiger partial charge is 0.497 e. The topological polar surface area (TPSA) is 81.9 Å². The Morgan fingerprint density at radius 2 is 1.80 bits per heavy atom. The molecular formula is C18H19N5O2. The number of nitrogens with zero attached hydrogens (tertiary/aromatic N) is 4. The van der Waals surface area contributed by atoms with Gasteiger partial charge >= 0.3 is 0 Å². The number of carbonyl (C=O) groups excluding carboxylic acids is 1. The van der Waals surface area contributed by atoms with Gasteiger partial charge in [0.2, 0.25) is 11.7 Å². The number of nitrogens with one attached hydrogen (secondary N) is 1. The van der Waals surface area contributed by atoms with Crippen LogP contribution in [0.1, 0.15) is 11.1 Å². The Morgan fingerprint density at radius 3 is 2.44 bits per heavy atom. The fourth-order valence-corrected chi connectivity index (χ4v) is 2.48. The first-order chi connectivity index (χ1) is 12.1. The summed E-state index contributed by atoms with van der Waals surface area (Å²) >= 11 is 0.